The van der Waals surface area contributed by atoms with Crippen molar-refractivity contribution in [3.63, 3.8) is 0 Å². The quantitative estimate of drug-likeness (QED) is 0.754. The summed E-state index contributed by atoms with van der Waals surface area (Å²) in [7, 11) is 4.92. The molecule has 17 heavy (non-hydrogen) atoms. The standard InChI is InChI=1S/C13H17NO3/c1-15-12-7-4-9-8-10(14-17-3)5-6-11(9)13(12)16-2/h4,7H,5-6,8H2,1-3H3/b14-10-. The average Bonchev–Trinajstić information content (AvgIpc) is 2.37. The molecule has 1 aromatic carbocycles. The zero-order valence-corrected chi connectivity index (χ0v) is 10.4. The maximum absolute atomic E-state index is 5.43. The summed E-state index contributed by atoms with van der Waals surface area (Å²) in [5, 5.41) is 4.03. The van der Waals surface area contributed by atoms with Crippen molar-refractivity contribution in [3.8, 4) is 11.5 Å². The predicted molar refractivity (Wildman–Crippen MR) is 66.0 cm³/mol. The maximum atomic E-state index is 5.43. The van der Waals surface area contributed by atoms with Gasteiger partial charge in [0.05, 0.1) is 19.9 Å². The highest BCUT2D eigenvalue weighted by atomic mass is 16.6. The van der Waals surface area contributed by atoms with Gasteiger partial charge < -0.3 is 14.3 Å². The van der Waals surface area contributed by atoms with Crippen LogP contribution in [-0.4, -0.2) is 27.0 Å². The molecule has 4 heteroatoms. The third-order valence-corrected chi connectivity index (χ3v) is 3.02. The summed E-state index contributed by atoms with van der Waals surface area (Å²) >= 11 is 0. The molecule has 92 valence electrons. The minimum absolute atomic E-state index is 0.790. The van der Waals surface area contributed by atoms with E-state index in [1.807, 2.05) is 6.07 Å². The van der Waals surface area contributed by atoms with E-state index in [4.69, 9.17) is 14.3 Å². The van der Waals surface area contributed by atoms with Crippen molar-refractivity contribution in [2.75, 3.05) is 21.3 Å². The van der Waals surface area contributed by atoms with E-state index in [1.54, 1.807) is 21.3 Å². The molecule has 0 N–H and O–H groups in total. The first-order valence-electron chi connectivity index (χ1n) is 5.61. The lowest BCUT2D eigenvalue weighted by molar-refractivity contribution is 0.211. The average molecular weight is 235 g/mol. The third-order valence-electron chi connectivity index (χ3n) is 3.02. The van der Waals surface area contributed by atoms with Gasteiger partial charge in [0.1, 0.15) is 7.11 Å². The molecule has 0 atom stereocenters. The Morgan fingerprint density at radius 3 is 2.53 bits per heavy atom. The molecular formula is C13H17NO3. The highest BCUT2D eigenvalue weighted by Crippen LogP contribution is 2.36. The number of rotatable bonds is 3. The van der Waals surface area contributed by atoms with Crippen LogP contribution < -0.4 is 9.47 Å². The summed E-state index contributed by atoms with van der Waals surface area (Å²) < 4.78 is 10.7. The lowest BCUT2D eigenvalue weighted by Crippen LogP contribution is -2.15. The van der Waals surface area contributed by atoms with E-state index in [-0.39, 0.29) is 0 Å². The van der Waals surface area contributed by atoms with Crippen molar-refractivity contribution in [2.45, 2.75) is 19.3 Å². The lowest BCUT2D eigenvalue weighted by Gasteiger charge is -2.21. The second-order valence-electron chi connectivity index (χ2n) is 3.96. The molecule has 0 fully saturated rings. The SMILES string of the molecule is CO/N=C1/CCc2c(ccc(OC)c2OC)C1. The van der Waals surface area contributed by atoms with Crippen LogP contribution >= 0.6 is 0 Å². The molecule has 0 radical (unpaired) electrons. The number of hydrogen-bond donors (Lipinski definition) is 0. The Labute approximate surface area is 101 Å². The highest BCUT2D eigenvalue weighted by Gasteiger charge is 2.21. The molecule has 4 nitrogen and oxygen atoms in total. The van der Waals surface area contributed by atoms with Gasteiger partial charge in [-0.05, 0) is 24.5 Å². The fourth-order valence-corrected chi connectivity index (χ4v) is 2.26. The summed E-state index contributed by atoms with van der Waals surface area (Å²) in [6, 6.07) is 4.01. The zero-order valence-electron chi connectivity index (χ0n) is 10.4. The molecule has 0 aliphatic heterocycles. The van der Waals surface area contributed by atoms with Gasteiger partial charge in [0, 0.05) is 12.0 Å². The van der Waals surface area contributed by atoms with Crippen molar-refractivity contribution in [1.29, 1.82) is 0 Å². The summed E-state index contributed by atoms with van der Waals surface area (Å²) in [5.74, 6) is 1.64. The maximum Gasteiger partial charge on any atom is 0.164 e. The van der Waals surface area contributed by atoms with Crippen molar-refractivity contribution >= 4 is 5.71 Å². The van der Waals surface area contributed by atoms with Gasteiger partial charge in [-0.15, -0.1) is 0 Å². The summed E-state index contributed by atoms with van der Waals surface area (Å²) in [6.07, 6.45) is 2.64. The van der Waals surface area contributed by atoms with E-state index in [0.717, 1.165) is 36.5 Å². The predicted octanol–water partition coefficient (Wildman–Crippen LogP) is 2.19. The Morgan fingerprint density at radius 2 is 1.88 bits per heavy atom. The van der Waals surface area contributed by atoms with E-state index in [0.29, 0.717) is 0 Å². The van der Waals surface area contributed by atoms with Crippen molar-refractivity contribution in [3.05, 3.63) is 23.3 Å². The molecule has 0 saturated heterocycles. The molecule has 0 saturated carbocycles. The van der Waals surface area contributed by atoms with Gasteiger partial charge in [-0.3, -0.25) is 0 Å². The largest absolute Gasteiger partial charge is 0.493 e. The topological polar surface area (TPSA) is 40.0 Å². The molecule has 0 spiro atoms. The minimum atomic E-state index is 0.790. The Balaban J connectivity index is 2.38. The molecule has 0 aromatic heterocycles. The van der Waals surface area contributed by atoms with Gasteiger partial charge in [0.25, 0.3) is 0 Å². The summed E-state index contributed by atoms with van der Waals surface area (Å²) in [4.78, 5) is 4.83. The highest BCUT2D eigenvalue weighted by molar-refractivity contribution is 5.88. The molecule has 0 bridgehead atoms. The normalized spacial score (nSPS) is 16.5. The van der Waals surface area contributed by atoms with Crippen LogP contribution in [0.5, 0.6) is 11.5 Å². The van der Waals surface area contributed by atoms with E-state index in [2.05, 4.69) is 11.2 Å². The number of oxime groups is 1. The zero-order chi connectivity index (χ0) is 12.3. The fourth-order valence-electron chi connectivity index (χ4n) is 2.26. The fraction of sp³-hybridized carbons (Fsp3) is 0.462. The van der Waals surface area contributed by atoms with Crippen LogP contribution in [0.3, 0.4) is 0 Å². The Kier molecular flexibility index (Phi) is 3.52. The van der Waals surface area contributed by atoms with Crippen LogP contribution in [0.25, 0.3) is 0 Å². The Hall–Kier alpha value is -1.71. The molecular weight excluding hydrogens is 218 g/mol. The number of benzene rings is 1. The van der Waals surface area contributed by atoms with Gasteiger partial charge in [-0.2, -0.15) is 0 Å². The molecule has 0 amide bonds. The van der Waals surface area contributed by atoms with E-state index >= 15 is 0 Å². The van der Waals surface area contributed by atoms with Crippen LogP contribution in [0, 0.1) is 0 Å². The lowest BCUT2D eigenvalue weighted by atomic mass is 9.89. The molecule has 0 heterocycles. The molecule has 0 unspecified atom stereocenters. The van der Waals surface area contributed by atoms with Gasteiger partial charge >= 0.3 is 0 Å². The first-order valence-corrected chi connectivity index (χ1v) is 5.61. The van der Waals surface area contributed by atoms with Crippen LogP contribution in [0.15, 0.2) is 17.3 Å². The number of methoxy groups -OCH3 is 2. The van der Waals surface area contributed by atoms with Crippen molar-refractivity contribution < 1.29 is 14.3 Å². The first kappa shape index (κ1) is 11.8. The van der Waals surface area contributed by atoms with Gasteiger partial charge in [-0.1, -0.05) is 11.2 Å². The molecule has 1 aliphatic rings. The Bertz CT molecular complexity index is 441. The second kappa shape index (κ2) is 5.08. The van der Waals surface area contributed by atoms with E-state index in [9.17, 15) is 0 Å². The first-order chi connectivity index (χ1) is 8.30. The smallest absolute Gasteiger partial charge is 0.164 e. The third kappa shape index (κ3) is 2.20. The van der Waals surface area contributed by atoms with Crippen LogP contribution in [0.1, 0.15) is 17.5 Å². The number of hydrogen-bond acceptors (Lipinski definition) is 4. The monoisotopic (exact) mass is 235 g/mol. The molecule has 2 rings (SSSR count). The van der Waals surface area contributed by atoms with Crippen molar-refractivity contribution in [2.24, 2.45) is 5.16 Å². The van der Waals surface area contributed by atoms with Crippen LogP contribution in [-0.2, 0) is 17.7 Å². The van der Waals surface area contributed by atoms with E-state index in [1.165, 1.54) is 11.1 Å². The van der Waals surface area contributed by atoms with Gasteiger partial charge in [0.2, 0.25) is 0 Å². The Morgan fingerprint density at radius 1 is 1.06 bits per heavy atom. The van der Waals surface area contributed by atoms with Crippen LogP contribution in [0.2, 0.25) is 0 Å². The minimum Gasteiger partial charge on any atom is -0.493 e. The van der Waals surface area contributed by atoms with E-state index < -0.39 is 0 Å². The van der Waals surface area contributed by atoms with Crippen molar-refractivity contribution in [1.82, 2.24) is 0 Å². The number of nitrogens with zero attached hydrogens (tertiary/aromatic N) is 1. The number of ether oxygens (including phenoxy) is 2. The molecule has 1 aromatic rings. The second-order valence-corrected chi connectivity index (χ2v) is 3.96. The van der Waals surface area contributed by atoms with Gasteiger partial charge in [-0.25, -0.2) is 0 Å². The summed E-state index contributed by atoms with van der Waals surface area (Å²) in [5.41, 5.74) is 3.54. The van der Waals surface area contributed by atoms with Gasteiger partial charge in [0.15, 0.2) is 11.5 Å². The summed E-state index contributed by atoms with van der Waals surface area (Å²) in [6.45, 7) is 0. The molecule has 1 aliphatic carbocycles. The van der Waals surface area contributed by atoms with Crippen LogP contribution in [0.4, 0.5) is 0 Å². The number of fused-ring (bicyclic) bond motifs is 1.